The van der Waals surface area contributed by atoms with Crippen molar-refractivity contribution >= 4 is 15.9 Å². The van der Waals surface area contributed by atoms with E-state index in [-0.39, 0.29) is 11.4 Å². The zero-order chi connectivity index (χ0) is 12.9. The van der Waals surface area contributed by atoms with Gasteiger partial charge in [-0.05, 0) is 44.5 Å². The van der Waals surface area contributed by atoms with E-state index in [4.69, 9.17) is 9.47 Å². The van der Waals surface area contributed by atoms with Crippen molar-refractivity contribution in [2.45, 2.75) is 33.0 Å². The molecule has 1 aromatic rings. The van der Waals surface area contributed by atoms with E-state index in [1.54, 1.807) is 0 Å². The van der Waals surface area contributed by atoms with Gasteiger partial charge in [-0.15, -0.1) is 0 Å². The van der Waals surface area contributed by atoms with Crippen LogP contribution in [-0.4, -0.2) is 18.8 Å². The highest BCUT2D eigenvalue weighted by molar-refractivity contribution is 9.10. The van der Waals surface area contributed by atoms with Gasteiger partial charge in [-0.25, -0.2) is 4.39 Å². The molecule has 0 aliphatic rings. The van der Waals surface area contributed by atoms with Crippen LogP contribution in [0.2, 0.25) is 0 Å². The fraction of sp³-hybridized carbons (Fsp3) is 0.538. The number of rotatable bonds is 5. The van der Waals surface area contributed by atoms with Gasteiger partial charge in [0.05, 0.1) is 25.4 Å². The van der Waals surface area contributed by atoms with E-state index in [0.29, 0.717) is 19.8 Å². The number of hydrogen-bond acceptors (Lipinski definition) is 2. The number of benzene rings is 1. The molecular formula is C13H18BrFO2. The molecule has 17 heavy (non-hydrogen) atoms. The predicted octanol–water partition coefficient (Wildman–Crippen LogP) is 3.92. The molecule has 0 bridgehead atoms. The lowest BCUT2D eigenvalue weighted by Gasteiger charge is -2.19. The number of halogens is 2. The van der Waals surface area contributed by atoms with E-state index in [2.05, 4.69) is 15.9 Å². The zero-order valence-corrected chi connectivity index (χ0v) is 12.0. The number of hydrogen-bond donors (Lipinski definition) is 0. The van der Waals surface area contributed by atoms with Crippen LogP contribution in [0.3, 0.4) is 0 Å². The van der Waals surface area contributed by atoms with Crippen LogP contribution in [0.5, 0.6) is 0 Å². The lowest BCUT2D eigenvalue weighted by molar-refractivity contribution is -0.0377. The van der Waals surface area contributed by atoms with Gasteiger partial charge in [0.1, 0.15) is 5.82 Å². The van der Waals surface area contributed by atoms with Gasteiger partial charge in [0.25, 0.3) is 0 Å². The first kappa shape index (κ1) is 14.6. The highest BCUT2D eigenvalue weighted by Crippen LogP contribution is 2.15. The van der Waals surface area contributed by atoms with Crippen molar-refractivity contribution in [2.75, 3.05) is 13.2 Å². The van der Waals surface area contributed by atoms with Crippen LogP contribution in [0.25, 0.3) is 0 Å². The molecule has 1 rings (SSSR count). The molecule has 0 aliphatic heterocycles. The molecule has 96 valence electrons. The van der Waals surface area contributed by atoms with Gasteiger partial charge < -0.3 is 9.47 Å². The average Bonchev–Trinajstić information content (AvgIpc) is 2.13. The zero-order valence-electron chi connectivity index (χ0n) is 10.4. The molecule has 0 N–H and O–H groups in total. The Balaban J connectivity index is 2.27. The van der Waals surface area contributed by atoms with Crippen LogP contribution < -0.4 is 0 Å². The summed E-state index contributed by atoms with van der Waals surface area (Å²) in [6, 6.07) is 4.73. The van der Waals surface area contributed by atoms with Crippen molar-refractivity contribution in [2.24, 2.45) is 0 Å². The van der Waals surface area contributed by atoms with Gasteiger partial charge in [0, 0.05) is 4.47 Å². The van der Waals surface area contributed by atoms with Gasteiger partial charge >= 0.3 is 0 Å². The molecule has 0 saturated heterocycles. The lowest BCUT2D eigenvalue weighted by atomic mass is 10.2. The summed E-state index contributed by atoms with van der Waals surface area (Å²) in [6.45, 7) is 7.43. The summed E-state index contributed by atoms with van der Waals surface area (Å²) in [5.41, 5.74) is 0.665. The van der Waals surface area contributed by atoms with Gasteiger partial charge in [0.2, 0.25) is 0 Å². The summed E-state index contributed by atoms with van der Waals surface area (Å²) in [7, 11) is 0. The highest BCUT2D eigenvalue weighted by Gasteiger charge is 2.09. The summed E-state index contributed by atoms with van der Waals surface area (Å²) in [6.07, 6.45) is 0. The summed E-state index contributed by atoms with van der Waals surface area (Å²) < 4.78 is 24.7. The van der Waals surface area contributed by atoms with E-state index in [0.717, 1.165) is 10.0 Å². The van der Waals surface area contributed by atoms with Crippen molar-refractivity contribution in [3.63, 3.8) is 0 Å². The molecule has 4 heteroatoms. The maximum Gasteiger partial charge on any atom is 0.124 e. The molecule has 0 fully saturated rings. The minimum atomic E-state index is -0.260. The first-order valence-electron chi connectivity index (χ1n) is 5.53. The minimum Gasteiger partial charge on any atom is -0.374 e. The van der Waals surface area contributed by atoms with Gasteiger partial charge in [-0.1, -0.05) is 15.9 Å². The fourth-order valence-corrected chi connectivity index (χ4v) is 1.80. The van der Waals surface area contributed by atoms with Crippen LogP contribution in [0.15, 0.2) is 22.7 Å². The molecule has 1 aromatic carbocycles. The van der Waals surface area contributed by atoms with E-state index >= 15 is 0 Å². The summed E-state index contributed by atoms with van der Waals surface area (Å²) in [5, 5.41) is 0. The van der Waals surface area contributed by atoms with Crippen molar-refractivity contribution in [3.8, 4) is 0 Å². The molecule has 0 aromatic heterocycles. The summed E-state index contributed by atoms with van der Waals surface area (Å²) >= 11 is 3.24. The number of ether oxygens (including phenoxy) is 2. The monoisotopic (exact) mass is 304 g/mol. The smallest absolute Gasteiger partial charge is 0.124 e. The third-order valence-electron chi connectivity index (χ3n) is 1.95. The van der Waals surface area contributed by atoms with E-state index in [1.165, 1.54) is 12.1 Å². The quantitative estimate of drug-likeness (QED) is 0.768. The van der Waals surface area contributed by atoms with E-state index < -0.39 is 0 Å². The van der Waals surface area contributed by atoms with Crippen LogP contribution in [0, 0.1) is 5.82 Å². The summed E-state index contributed by atoms with van der Waals surface area (Å²) in [4.78, 5) is 0. The summed E-state index contributed by atoms with van der Waals surface area (Å²) in [5.74, 6) is -0.260. The molecular weight excluding hydrogens is 287 g/mol. The Hall–Kier alpha value is -0.450. The normalized spacial score (nSPS) is 11.8. The Bertz CT molecular complexity index is 341. The molecule has 2 nitrogen and oxygen atoms in total. The van der Waals surface area contributed by atoms with Gasteiger partial charge in [0.15, 0.2) is 0 Å². The van der Waals surface area contributed by atoms with Crippen molar-refractivity contribution in [1.29, 1.82) is 0 Å². The van der Waals surface area contributed by atoms with E-state index in [1.807, 2.05) is 26.8 Å². The average molecular weight is 305 g/mol. The lowest BCUT2D eigenvalue weighted by Crippen LogP contribution is -2.21. The van der Waals surface area contributed by atoms with Crippen molar-refractivity contribution in [3.05, 3.63) is 34.1 Å². The van der Waals surface area contributed by atoms with E-state index in [9.17, 15) is 4.39 Å². The topological polar surface area (TPSA) is 18.5 Å². The fourth-order valence-electron chi connectivity index (χ4n) is 1.29. The third kappa shape index (κ3) is 6.76. The second-order valence-corrected chi connectivity index (χ2v) is 5.71. The Kier molecular flexibility index (Phi) is 5.56. The maximum atomic E-state index is 13.0. The first-order chi connectivity index (χ1) is 7.87. The molecule has 0 saturated carbocycles. The van der Waals surface area contributed by atoms with Crippen molar-refractivity contribution in [1.82, 2.24) is 0 Å². The standard InChI is InChI=1S/C13H18BrFO2/c1-13(2,3)17-5-4-16-9-10-6-11(14)8-12(15)7-10/h6-8H,4-5,9H2,1-3H3. The third-order valence-corrected chi connectivity index (χ3v) is 2.41. The Labute approximate surface area is 110 Å². The second-order valence-electron chi connectivity index (χ2n) is 4.79. The Morgan fingerprint density at radius 2 is 1.88 bits per heavy atom. The highest BCUT2D eigenvalue weighted by atomic mass is 79.9. The van der Waals surface area contributed by atoms with Crippen LogP contribution in [0.1, 0.15) is 26.3 Å². The van der Waals surface area contributed by atoms with Crippen LogP contribution in [0.4, 0.5) is 4.39 Å². The minimum absolute atomic E-state index is 0.148. The molecule has 0 amide bonds. The molecule has 0 unspecified atom stereocenters. The molecule has 0 spiro atoms. The molecule has 0 radical (unpaired) electrons. The Morgan fingerprint density at radius 1 is 1.18 bits per heavy atom. The van der Waals surface area contributed by atoms with Crippen molar-refractivity contribution < 1.29 is 13.9 Å². The van der Waals surface area contributed by atoms with Crippen LogP contribution >= 0.6 is 15.9 Å². The van der Waals surface area contributed by atoms with Gasteiger partial charge in [-0.2, -0.15) is 0 Å². The largest absolute Gasteiger partial charge is 0.374 e. The second kappa shape index (κ2) is 6.47. The Morgan fingerprint density at radius 3 is 2.47 bits per heavy atom. The van der Waals surface area contributed by atoms with Crippen LogP contribution in [-0.2, 0) is 16.1 Å². The molecule has 0 atom stereocenters. The maximum absolute atomic E-state index is 13.0. The van der Waals surface area contributed by atoms with Gasteiger partial charge in [-0.3, -0.25) is 0 Å². The SMILES string of the molecule is CC(C)(C)OCCOCc1cc(F)cc(Br)c1. The predicted molar refractivity (Wildman–Crippen MR) is 69.5 cm³/mol. The first-order valence-corrected chi connectivity index (χ1v) is 6.33. The molecule has 0 aliphatic carbocycles. The molecule has 0 heterocycles.